The number of nitrogens with one attached hydrogen (secondary N) is 4. The van der Waals surface area contributed by atoms with Gasteiger partial charge in [0.25, 0.3) is 5.91 Å². The Morgan fingerprint density at radius 1 is 1.16 bits per heavy atom. The summed E-state index contributed by atoms with van der Waals surface area (Å²) in [7, 11) is 0. The molecule has 1 aromatic heterocycles. The maximum Gasteiger partial charge on any atom is 0.333 e. The van der Waals surface area contributed by atoms with E-state index in [4.69, 9.17) is 4.74 Å². The highest BCUT2D eigenvalue weighted by Crippen LogP contribution is 2.49. The van der Waals surface area contributed by atoms with Gasteiger partial charge in [0.15, 0.2) is 5.78 Å². The van der Waals surface area contributed by atoms with Crippen molar-refractivity contribution in [3.05, 3.63) is 56.8 Å². The number of ether oxygens (including phenoxy) is 1. The van der Waals surface area contributed by atoms with E-state index in [-0.39, 0.29) is 17.7 Å². The van der Waals surface area contributed by atoms with Crippen LogP contribution in [0.1, 0.15) is 49.4 Å². The second-order valence-electron chi connectivity index (χ2n) is 9.33. The van der Waals surface area contributed by atoms with Crippen LogP contribution < -0.4 is 21.4 Å². The van der Waals surface area contributed by atoms with Gasteiger partial charge in [-0.1, -0.05) is 12.1 Å². The zero-order valence-electron chi connectivity index (χ0n) is 20.1. The molecule has 0 radical (unpaired) electrons. The summed E-state index contributed by atoms with van der Waals surface area (Å²) in [4.78, 5) is 40.3. The largest absolute Gasteiger partial charge is 0.379 e. The Hall–Kier alpha value is -3.45. The summed E-state index contributed by atoms with van der Waals surface area (Å²) in [6.45, 7) is 4.03. The minimum absolute atomic E-state index is 0.113. The first-order valence-electron chi connectivity index (χ1n) is 12.4. The van der Waals surface area contributed by atoms with Crippen LogP contribution in [-0.2, 0) is 4.74 Å². The van der Waals surface area contributed by atoms with Gasteiger partial charge in [0, 0.05) is 25.7 Å². The van der Waals surface area contributed by atoms with Crippen molar-refractivity contribution in [1.29, 1.82) is 0 Å². The number of hydrazine groups is 1. The number of rotatable bonds is 5. The zero-order chi connectivity index (χ0) is 25.4. The number of amides is 3. The van der Waals surface area contributed by atoms with Crippen LogP contribution in [-0.4, -0.2) is 68.2 Å². The first kappa shape index (κ1) is 23.9. The first-order chi connectivity index (χ1) is 18.1. The maximum absolute atomic E-state index is 13.6. The van der Waals surface area contributed by atoms with E-state index < -0.39 is 12.1 Å². The fourth-order valence-electron chi connectivity index (χ4n) is 5.07. The van der Waals surface area contributed by atoms with Gasteiger partial charge in [0.2, 0.25) is 0 Å². The fraction of sp³-hybridized carbons (Fsp3) is 0.400. The molecule has 2 aromatic rings. The predicted octanol–water partition coefficient (Wildman–Crippen LogP) is 2.71. The third-order valence-corrected chi connectivity index (χ3v) is 7.97. The predicted molar refractivity (Wildman–Crippen MR) is 138 cm³/mol. The molecule has 2 fully saturated rings. The molecule has 1 aliphatic carbocycles. The van der Waals surface area contributed by atoms with Gasteiger partial charge in [-0.25, -0.2) is 9.80 Å². The molecule has 6 rings (SSSR count). The number of hydrogen-bond donors (Lipinski definition) is 4. The van der Waals surface area contributed by atoms with Gasteiger partial charge in [-0.05, 0) is 43.1 Å². The molecular weight excluding hydrogens is 494 g/mol. The summed E-state index contributed by atoms with van der Waals surface area (Å²) in [6, 6.07) is 8.09. The molecule has 1 aromatic carbocycles. The quantitative estimate of drug-likeness (QED) is 0.478. The molecule has 0 spiro atoms. The molecule has 2 saturated heterocycles. The van der Waals surface area contributed by atoms with Crippen molar-refractivity contribution in [2.75, 3.05) is 44.7 Å². The van der Waals surface area contributed by atoms with Gasteiger partial charge >= 0.3 is 6.03 Å². The second-order valence-corrected chi connectivity index (χ2v) is 10.4. The van der Waals surface area contributed by atoms with Crippen LogP contribution in [0.5, 0.6) is 0 Å². The van der Waals surface area contributed by atoms with E-state index in [0.29, 0.717) is 64.1 Å². The molecule has 2 atom stereocenters. The number of urea groups is 1. The first-order valence-corrected chi connectivity index (χ1v) is 13.2. The molecule has 11 nitrogen and oxygen atoms in total. The lowest BCUT2D eigenvalue weighted by molar-refractivity contribution is 0.0207. The molecule has 12 heteroatoms. The minimum Gasteiger partial charge on any atom is -0.379 e. The number of carbonyl (C=O) groups is 3. The van der Waals surface area contributed by atoms with E-state index in [1.165, 1.54) is 11.3 Å². The Bertz CT molecular complexity index is 1310. The Morgan fingerprint density at radius 3 is 2.84 bits per heavy atom. The average molecular weight is 522 g/mol. The number of fused-ring (bicyclic) bond motifs is 3. The van der Waals surface area contributed by atoms with Gasteiger partial charge in [-0.15, -0.1) is 11.3 Å². The average Bonchev–Trinajstić information content (AvgIpc) is 3.62. The van der Waals surface area contributed by atoms with E-state index >= 15 is 0 Å². The van der Waals surface area contributed by atoms with E-state index in [1.807, 2.05) is 12.1 Å². The lowest BCUT2D eigenvalue weighted by Gasteiger charge is -2.27. The highest BCUT2D eigenvalue weighted by Gasteiger charge is 2.42. The number of hydrogen-bond acceptors (Lipinski definition) is 9. The van der Waals surface area contributed by atoms with Crippen LogP contribution in [0.25, 0.3) is 5.70 Å². The van der Waals surface area contributed by atoms with Crippen molar-refractivity contribution in [3.8, 4) is 0 Å². The van der Waals surface area contributed by atoms with E-state index in [9.17, 15) is 14.4 Å². The number of piperidine rings is 1. The number of thiophene rings is 1. The highest BCUT2D eigenvalue weighted by molar-refractivity contribution is 7.15. The number of morpholine rings is 1. The van der Waals surface area contributed by atoms with Crippen molar-refractivity contribution in [2.24, 2.45) is 10.2 Å². The maximum atomic E-state index is 13.6. The van der Waals surface area contributed by atoms with Crippen molar-refractivity contribution in [3.63, 3.8) is 0 Å². The van der Waals surface area contributed by atoms with Crippen molar-refractivity contribution >= 4 is 40.4 Å². The molecule has 0 bridgehead atoms. The van der Waals surface area contributed by atoms with Crippen molar-refractivity contribution in [1.82, 2.24) is 21.1 Å². The Balaban J connectivity index is 1.21. The number of benzene rings is 1. The fourth-order valence-corrected chi connectivity index (χ4v) is 5.97. The molecule has 4 N–H and O–H groups in total. The molecule has 192 valence electrons. The highest BCUT2D eigenvalue weighted by atomic mass is 32.1. The van der Waals surface area contributed by atoms with Crippen LogP contribution in [0, 0.1) is 0 Å². The Labute approximate surface area is 217 Å². The summed E-state index contributed by atoms with van der Waals surface area (Å²) in [6.07, 6.45) is 1.99. The van der Waals surface area contributed by atoms with Gasteiger partial charge in [0.1, 0.15) is 11.7 Å². The number of ketones is 1. The molecule has 3 aliphatic heterocycles. The van der Waals surface area contributed by atoms with E-state index in [1.54, 1.807) is 23.2 Å². The minimum atomic E-state index is -0.519. The second kappa shape index (κ2) is 10.1. The molecule has 2 unspecified atom stereocenters. The summed E-state index contributed by atoms with van der Waals surface area (Å²) in [5, 5.41) is 19.7. The molecule has 0 saturated carbocycles. The summed E-state index contributed by atoms with van der Waals surface area (Å²) >= 11 is 1.30. The van der Waals surface area contributed by atoms with Crippen molar-refractivity contribution in [2.45, 2.75) is 24.9 Å². The van der Waals surface area contributed by atoms with Gasteiger partial charge in [-0.2, -0.15) is 10.2 Å². The van der Waals surface area contributed by atoms with Crippen molar-refractivity contribution < 1.29 is 19.1 Å². The topological polar surface area (TPSA) is 137 Å². The number of nitrogens with zero attached hydrogens (tertiary/aromatic N) is 3. The smallest absolute Gasteiger partial charge is 0.333 e. The zero-order valence-corrected chi connectivity index (χ0v) is 20.9. The molecule has 4 heterocycles. The molecule has 4 aliphatic rings. The Morgan fingerprint density at radius 2 is 2.03 bits per heavy atom. The van der Waals surface area contributed by atoms with Gasteiger partial charge in [-0.3, -0.25) is 15.0 Å². The molecule has 37 heavy (non-hydrogen) atoms. The van der Waals surface area contributed by atoms with Crippen LogP contribution >= 0.6 is 11.3 Å². The van der Waals surface area contributed by atoms with Gasteiger partial charge < -0.3 is 20.7 Å². The van der Waals surface area contributed by atoms with E-state index in [2.05, 4.69) is 31.6 Å². The van der Waals surface area contributed by atoms with Crippen LogP contribution in [0.2, 0.25) is 0 Å². The summed E-state index contributed by atoms with van der Waals surface area (Å²) < 4.78 is 5.31. The third kappa shape index (κ3) is 4.68. The van der Waals surface area contributed by atoms with E-state index in [0.717, 1.165) is 25.9 Å². The third-order valence-electron chi connectivity index (χ3n) is 6.88. The number of Topliss-reactive ketones (excluding diaryl/α,β-unsaturated/α-hetero) is 1. The SMILES string of the molecule is O=C(Nc1cccc2c1C(=O)C1=C(c3ccc(C(=O)NC4CCCNC4)s3)N=NC12)NN1CCOCC1. The lowest BCUT2D eigenvalue weighted by atomic mass is 10.1. The van der Waals surface area contributed by atoms with Crippen LogP contribution in [0.15, 0.2) is 46.1 Å². The van der Waals surface area contributed by atoms with Crippen LogP contribution in [0.3, 0.4) is 0 Å². The monoisotopic (exact) mass is 521 g/mol. The Kier molecular flexibility index (Phi) is 6.55. The number of carbonyl (C=O) groups excluding carboxylic acids is 3. The van der Waals surface area contributed by atoms with Gasteiger partial charge in [0.05, 0.1) is 39.8 Å². The summed E-state index contributed by atoms with van der Waals surface area (Å²) in [5.74, 6) is -0.337. The standard InChI is InChI=1S/C25H27N7O4S/c33-23-19-15(4-1-5-16(19)28-25(35)31-32-9-11-36-12-10-32)21-20(23)22(30-29-21)17-6-7-18(37-17)24(34)27-14-3-2-8-26-13-14/h1,4-7,14,21,26H,2-3,8-13H2,(H,27,34)(H2,28,31,35). The lowest BCUT2D eigenvalue weighted by Crippen LogP contribution is -2.49. The molecular formula is C25H27N7O4S. The normalized spacial score (nSPS) is 23.1. The molecule has 3 amide bonds. The number of anilines is 1. The summed E-state index contributed by atoms with van der Waals surface area (Å²) in [5.41, 5.74) is 5.32. The van der Waals surface area contributed by atoms with Crippen LogP contribution in [0.4, 0.5) is 10.5 Å². The number of azo groups is 1.